The number of methoxy groups -OCH3 is 1. The third-order valence-corrected chi connectivity index (χ3v) is 2.75. The molecule has 0 aromatic carbocycles. The number of allylic oxidation sites excluding steroid dienone is 2. The van der Waals surface area contributed by atoms with Gasteiger partial charge in [0.1, 0.15) is 0 Å². The van der Waals surface area contributed by atoms with Crippen LogP contribution in [0.15, 0.2) is 24.3 Å². The van der Waals surface area contributed by atoms with Gasteiger partial charge in [-0.05, 0) is 13.0 Å². The van der Waals surface area contributed by atoms with Gasteiger partial charge in [-0.1, -0.05) is 18.2 Å². The molecule has 0 bridgehead atoms. The van der Waals surface area contributed by atoms with Crippen LogP contribution in [0.5, 0.6) is 0 Å². The molecule has 0 fully saturated rings. The Morgan fingerprint density at radius 1 is 1.44 bits per heavy atom. The van der Waals surface area contributed by atoms with E-state index >= 15 is 0 Å². The normalized spacial score (nSPS) is 30.1. The minimum absolute atomic E-state index is 0.346. The molecule has 0 amide bonds. The average Bonchev–Trinajstić information content (AvgIpc) is 2.27. The van der Waals surface area contributed by atoms with Crippen molar-refractivity contribution in [1.29, 1.82) is 0 Å². The number of Topliss-reactive ketones (excluding diaryl/α,β-unsaturated/α-hetero) is 1. The number of hydrogen-bond donors (Lipinski definition) is 2. The van der Waals surface area contributed by atoms with Gasteiger partial charge in [-0.15, -0.1) is 0 Å². The fourth-order valence-corrected chi connectivity index (χ4v) is 1.83. The van der Waals surface area contributed by atoms with Crippen molar-refractivity contribution in [2.45, 2.75) is 18.6 Å². The minimum atomic E-state index is -1.68. The number of ketones is 1. The first kappa shape index (κ1) is 12.6. The monoisotopic (exact) mass is 226 g/mol. The summed E-state index contributed by atoms with van der Waals surface area (Å²) in [5, 5.41) is 18.3. The van der Waals surface area contributed by atoms with Crippen molar-refractivity contribution in [3.63, 3.8) is 0 Å². The van der Waals surface area contributed by atoms with Crippen molar-refractivity contribution in [2.24, 2.45) is 5.92 Å². The summed E-state index contributed by atoms with van der Waals surface area (Å²) in [4.78, 5) is 22.3. The summed E-state index contributed by atoms with van der Waals surface area (Å²) in [6.07, 6.45) is 4.42. The van der Waals surface area contributed by atoms with Gasteiger partial charge in [0.15, 0.2) is 17.5 Å². The molecule has 1 aliphatic rings. The zero-order valence-electron chi connectivity index (χ0n) is 9.08. The molecule has 3 atom stereocenters. The largest absolute Gasteiger partial charge is 0.479 e. The number of carboxylic acid groups (broad SMARTS) is 1. The highest BCUT2D eigenvalue weighted by atomic mass is 16.5. The molecule has 2 N–H and O–H groups in total. The molecular weight excluding hydrogens is 212 g/mol. The van der Waals surface area contributed by atoms with Gasteiger partial charge in [0.25, 0.3) is 0 Å². The van der Waals surface area contributed by atoms with E-state index in [4.69, 9.17) is 9.84 Å². The van der Waals surface area contributed by atoms with Gasteiger partial charge in [-0.2, -0.15) is 0 Å². The van der Waals surface area contributed by atoms with Crippen LogP contribution in [0, 0.1) is 5.92 Å². The number of carbonyl (C=O) groups is 2. The van der Waals surface area contributed by atoms with Crippen LogP contribution in [-0.2, 0) is 14.3 Å². The first-order chi connectivity index (χ1) is 7.45. The molecule has 0 spiro atoms. The summed E-state index contributed by atoms with van der Waals surface area (Å²) in [7, 11) is 1.31. The minimum Gasteiger partial charge on any atom is -0.479 e. The molecule has 5 heteroatoms. The zero-order valence-corrected chi connectivity index (χ0v) is 9.08. The van der Waals surface area contributed by atoms with Crippen molar-refractivity contribution < 1.29 is 24.5 Å². The summed E-state index contributed by atoms with van der Waals surface area (Å²) >= 11 is 0. The summed E-state index contributed by atoms with van der Waals surface area (Å²) in [6.45, 7) is 1.30. The van der Waals surface area contributed by atoms with E-state index < -0.39 is 23.6 Å². The predicted molar refractivity (Wildman–Crippen MR) is 55.8 cm³/mol. The van der Waals surface area contributed by atoms with Crippen LogP contribution in [0.1, 0.15) is 6.92 Å². The summed E-state index contributed by atoms with van der Waals surface area (Å²) in [5.41, 5.74) is -1.40. The first-order valence-electron chi connectivity index (χ1n) is 4.79. The highest BCUT2D eigenvalue weighted by molar-refractivity contribution is 5.89. The average molecular weight is 226 g/mol. The SMILES string of the molecule is COC1(C(C)=O)C=CC=CC1C(O)C(=O)O. The Bertz CT molecular complexity index is 357. The first-order valence-corrected chi connectivity index (χ1v) is 4.79. The van der Waals surface area contributed by atoms with Crippen molar-refractivity contribution >= 4 is 11.8 Å². The fourth-order valence-electron chi connectivity index (χ4n) is 1.83. The highest BCUT2D eigenvalue weighted by Crippen LogP contribution is 2.31. The van der Waals surface area contributed by atoms with Crippen LogP contribution in [0.3, 0.4) is 0 Å². The summed E-state index contributed by atoms with van der Waals surface area (Å²) < 4.78 is 5.11. The van der Waals surface area contributed by atoms with Gasteiger partial charge in [0, 0.05) is 7.11 Å². The zero-order chi connectivity index (χ0) is 12.3. The van der Waals surface area contributed by atoms with E-state index in [1.165, 1.54) is 26.2 Å². The maximum Gasteiger partial charge on any atom is 0.333 e. The van der Waals surface area contributed by atoms with E-state index in [0.717, 1.165) is 0 Å². The molecule has 88 valence electrons. The molecule has 3 unspecified atom stereocenters. The second kappa shape index (κ2) is 4.59. The molecule has 0 aromatic rings. The molecule has 0 saturated carbocycles. The Labute approximate surface area is 93.0 Å². The molecule has 0 saturated heterocycles. The Balaban J connectivity index is 3.14. The number of aliphatic carboxylic acids is 1. The quantitative estimate of drug-likeness (QED) is 0.712. The lowest BCUT2D eigenvalue weighted by atomic mass is 9.77. The van der Waals surface area contributed by atoms with Gasteiger partial charge in [0.05, 0.1) is 5.92 Å². The molecule has 0 radical (unpaired) electrons. The van der Waals surface area contributed by atoms with E-state index in [1.807, 2.05) is 0 Å². The maximum atomic E-state index is 11.6. The lowest BCUT2D eigenvalue weighted by molar-refractivity contribution is -0.157. The number of rotatable bonds is 4. The van der Waals surface area contributed by atoms with Crippen molar-refractivity contribution in [2.75, 3.05) is 7.11 Å². The van der Waals surface area contributed by atoms with E-state index in [-0.39, 0.29) is 5.78 Å². The highest BCUT2D eigenvalue weighted by Gasteiger charge is 2.46. The Kier molecular flexibility index (Phi) is 3.62. The van der Waals surface area contributed by atoms with E-state index in [9.17, 15) is 14.7 Å². The number of aliphatic hydroxyl groups excluding tert-OH is 1. The van der Waals surface area contributed by atoms with Gasteiger partial charge >= 0.3 is 5.97 Å². The molecule has 16 heavy (non-hydrogen) atoms. The molecule has 0 heterocycles. The number of ether oxygens (including phenoxy) is 1. The Hall–Kier alpha value is -1.46. The van der Waals surface area contributed by atoms with Crippen LogP contribution >= 0.6 is 0 Å². The van der Waals surface area contributed by atoms with Crippen LogP contribution in [0.4, 0.5) is 0 Å². The lowest BCUT2D eigenvalue weighted by Crippen LogP contribution is -2.51. The Morgan fingerprint density at radius 3 is 2.50 bits per heavy atom. The van der Waals surface area contributed by atoms with E-state index in [2.05, 4.69) is 0 Å². The van der Waals surface area contributed by atoms with Gasteiger partial charge in [-0.25, -0.2) is 4.79 Å². The number of carboxylic acids is 1. The third-order valence-electron chi connectivity index (χ3n) is 2.75. The van der Waals surface area contributed by atoms with Crippen LogP contribution in [0.25, 0.3) is 0 Å². The maximum absolute atomic E-state index is 11.6. The molecule has 0 aliphatic heterocycles. The second-order valence-electron chi connectivity index (χ2n) is 3.61. The topological polar surface area (TPSA) is 83.8 Å². The van der Waals surface area contributed by atoms with Crippen LogP contribution in [-0.4, -0.2) is 40.8 Å². The second-order valence-corrected chi connectivity index (χ2v) is 3.61. The molecule has 1 aliphatic carbocycles. The van der Waals surface area contributed by atoms with Gasteiger partial charge in [-0.3, -0.25) is 4.79 Å². The van der Waals surface area contributed by atoms with Crippen molar-refractivity contribution in [3.8, 4) is 0 Å². The third kappa shape index (κ3) is 1.91. The fraction of sp³-hybridized carbons (Fsp3) is 0.455. The summed E-state index contributed by atoms with van der Waals surface area (Å²) in [5.74, 6) is -2.65. The van der Waals surface area contributed by atoms with Crippen LogP contribution in [0.2, 0.25) is 0 Å². The summed E-state index contributed by atoms with van der Waals surface area (Å²) in [6, 6.07) is 0. The molecular formula is C11H14O5. The number of carbonyl (C=O) groups excluding carboxylic acids is 1. The number of aliphatic hydroxyl groups is 1. The van der Waals surface area contributed by atoms with Gasteiger partial charge in [0.2, 0.25) is 0 Å². The lowest BCUT2D eigenvalue weighted by Gasteiger charge is -2.36. The number of hydrogen-bond acceptors (Lipinski definition) is 4. The van der Waals surface area contributed by atoms with E-state index in [0.29, 0.717) is 0 Å². The molecule has 1 rings (SSSR count). The molecule has 0 aromatic heterocycles. The van der Waals surface area contributed by atoms with Crippen LogP contribution < -0.4 is 0 Å². The standard InChI is InChI=1S/C11H14O5/c1-7(12)11(16-2)6-4-3-5-8(11)9(13)10(14)15/h3-6,8-9,13H,1-2H3,(H,14,15). The molecule has 5 nitrogen and oxygen atoms in total. The van der Waals surface area contributed by atoms with E-state index in [1.54, 1.807) is 12.2 Å². The van der Waals surface area contributed by atoms with Gasteiger partial charge < -0.3 is 14.9 Å². The predicted octanol–water partition coefficient (Wildman–Crippen LogP) is 0.148. The van der Waals surface area contributed by atoms with Crippen molar-refractivity contribution in [1.82, 2.24) is 0 Å². The van der Waals surface area contributed by atoms with Crippen molar-refractivity contribution in [3.05, 3.63) is 24.3 Å². The smallest absolute Gasteiger partial charge is 0.333 e. The Morgan fingerprint density at radius 2 is 2.06 bits per heavy atom.